The Morgan fingerprint density at radius 1 is 1.36 bits per heavy atom. The largest absolute Gasteiger partial charge is 0.295 e. The van der Waals surface area contributed by atoms with E-state index in [2.05, 4.69) is 0 Å². The molecule has 1 nitrogen and oxygen atoms in total. The van der Waals surface area contributed by atoms with Gasteiger partial charge >= 0.3 is 0 Å². The highest BCUT2D eigenvalue weighted by Crippen LogP contribution is 2.09. The van der Waals surface area contributed by atoms with E-state index in [1.807, 2.05) is 44.2 Å². The van der Waals surface area contributed by atoms with Gasteiger partial charge in [-0.15, -0.1) is 0 Å². The van der Waals surface area contributed by atoms with Crippen LogP contribution in [-0.4, -0.2) is 5.78 Å². The first-order valence-corrected chi connectivity index (χ1v) is 5.00. The summed E-state index contributed by atoms with van der Waals surface area (Å²) in [7, 11) is 0. The molecule has 0 spiro atoms. The van der Waals surface area contributed by atoms with Crippen molar-refractivity contribution < 1.29 is 4.79 Å². The van der Waals surface area contributed by atoms with Gasteiger partial charge in [0.25, 0.3) is 0 Å². The quantitative estimate of drug-likeness (QED) is 0.662. The molecule has 0 fully saturated rings. The maximum atomic E-state index is 11.2. The molecule has 1 aromatic carbocycles. The van der Waals surface area contributed by atoms with Crippen LogP contribution in [0.25, 0.3) is 6.08 Å². The number of carbonyl (C=O) groups excluding carboxylic acids is 1. The predicted octanol–water partition coefficient (Wildman–Crippen LogP) is 3.38. The van der Waals surface area contributed by atoms with E-state index in [9.17, 15) is 4.79 Å². The first kappa shape index (κ1) is 10.7. The zero-order valence-corrected chi connectivity index (χ0v) is 8.79. The molecule has 1 aromatic rings. The van der Waals surface area contributed by atoms with Crippen LogP contribution in [0.3, 0.4) is 0 Å². The van der Waals surface area contributed by atoms with Gasteiger partial charge in [0.15, 0.2) is 5.78 Å². The Balaban J connectivity index is 2.69. The lowest BCUT2D eigenvalue weighted by Crippen LogP contribution is -1.90. The van der Waals surface area contributed by atoms with E-state index in [4.69, 9.17) is 0 Å². The van der Waals surface area contributed by atoms with Gasteiger partial charge in [-0.05, 0) is 30.5 Å². The van der Waals surface area contributed by atoms with Crippen LogP contribution in [0.15, 0.2) is 30.3 Å². The number of rotatable bonds is 4. The molecule has 0 aliphatic heterocycles. The average molecular weight is 188 g/mol. The lowest BCUT2D eigenvalue weighted by Gasteiger charge is -1.97. The summed E-state index contributed by atoms with van der Waals surface area (Å²) >= 11 is 0. The molecule has 0 radical (unpaired) electrons. The van der Waals surface area contributed by atoms with Crippen molar-refractivity contribution in [1.29, 1.82) is 0 Å². The van der Waals surface area contributed by atoms with Crippen LogP contribution in [0.1, 0.15) is 30.9 Å². The van der Waals surface area contributed by atoms with Crippen molar-refractivity contribution in [2.75, 3.05) is 0 Å². The minimum Gasteiger partial charge on any atom is -0.295 e. The van der Waals surface area contributed by atoms with Crippen molar-refractivity contribution in [1.82, 2.24) is 0 Å². The number of allylic oxidation sites excluding steroid dienone is 1. The van der Waals surface area contributed by atoms with Crippen molar-refractivity contribution in [3.05, 3.63) is 41.5 Å². The molecule has 0 saturated heterocycles. The average Bonchev–Trinajstić information content (AvgIpc) is 2.17. The Morgan fingerprint density at radius 2 is 2.07 bits per heavy atom. The SMILES string of the molecule is CCCC(=O)/C=C\c1ccccc1C. The van der Waals surface area contributed by atoms with Gasteiger partial charge in [0.2, 0.25) is 0 Å². The van der Waals surface area contributed by atoms with Gasteiger partial charge in [0.1, 0.15) is 0 Å². The molecular formula is C13H16O. The van der Waals surface area contributed by atoms with Gasteiger partial charge < -0.3 is 0 Å². The highest BCUT2D eigenvalue weighted by Gasteiger charge is 1.94. The van der Waals surface area contributed by atoms with Crippen molar-refractivity contribution in [3.8, 4) is 0 Å². The number of hydrogen-bond donors (Lipinski definition) is 0. The van der Waals surface area contributed by atoms with Crippen LogP contribution in [0, 0.1) is 6.92 Å². The van der Waals surface area contributed by atoms with Gasteiger partial charge in [0.05, 0.1) is 0 Å². The lowest BCUT2D eigenvalue weighted by molar-refractivity contribution is -0.114. The third-order valence-electron chi connectivity index (χ3n) is 2.13. The molecule has 0 aromatic heterocycles. The molecule has 0 aliphatic rings. The standard InChI is InChI=1S/C13H16O/c1-3-6-13(14)10-9-12-8-5-4-7-11(12)2/h4-5,7-10H,3,6H2,1-2H3/b10-9-. The Kier molecular flexibility index (Phi) is 4.11. The van der Waals surface area contributed by atoms with E-state index in [0.717, 1.165) is 12.0 Å². The highest BCUT2D eigenvalue weighted by molar-refractivity contribution is 5.93. The summed E-state index contributed by atoms with van der Waals surface area (Å²) in [6.07, 6.45) is 5.12. The number of benzene rings is 1. The smallest absolute Gasteiger partial charge is 0.155 e. The third kappa shape index (κ3) is 3.17. The molecule has 0 atom stereocenters. The summed E-state index contributed by atoms with van der Waals surface area (Å²) in [5.74, 6) is 0.204. The molecule has 0 heterocycles. The Hall–Kier alpha value is -1.37. The molecule has 0 amide bonds. The fourth-order valence-electron chi connectivity index (χ4n) is 1.29. The van der Waals surface area contributed by atoms with E-state index < -0.39 is 0 Å². The van der Waals surface area contributed by atoms with E-state index >= 15 is 0 Å². The fourth-order valence-corrected chi connectivity index (χ4v) is 1.29. The van der Waals surface area contributed by atoms with Crippen LogP contribution in [-0.2, 0) is 4.79 Å². The Morgan fingerprint density at radius 3 is 2.71 bits per heavy atom. The van der Waals surface area contributed by atoms with Crippen LogP contribution in [0.4, 0.5) is 0 Å². The molecule has 0 N–H and O–H groups in total. The summed E-state index contributed by atoms with van der Waals surface area (Å²) < 4.78 is 0. The van der Waals surface area contributed by atoms with Crippen molar-refractivity contribution in [3.63, 3.8) is 0 Å². The summed E-state index contributed by atoms with van der Waals surface area (Å²) in [5.41, 5.74) is 2.32. The molecule has 14 heavy (non-hydrogen) atoms. The topological polar surface area (TPSA) is 17.1 Å². The second-order valence-electron chi connectivity index (χ2n) is 3.41. The molecule has 1 rings (SSSR count). The first-order valence-electron chi connectivity index (χ1n) is 5.00. The molecule has 0 unspecified atom stereocenters. The minimum atomic E-state index is 0.204. The number of carbonyl (C=O) groups is 1. The molecule has 0 bridgehead atoms. The van der Waals surface area contributed by atoms with Gasteiger partial charge in [-0.2, -0.15) is 0 Å². The van der Waals surface area contributed by atoms with Gasteiger partial charge in [-0.1, -0.05) is 37.3 Å². The Bertz CT molecular complexity index is 337. The van der Waals surface area contributed by atoms with E-state index in [-0.39, 0.29) is 5.78 Å². The summed E-state index contributed by atoms with van der Waals surface area (Å²) in [6.45, 7) is 4.06. The van der Waals surface area contributed by atoms with Crippen LogP contribution >= 0.6 is 0 Å². The fraction of sp³-hybridized carbons (Fsp3) is 0.308. The molecule has 0 saturated carbocycles. The summed E-state index contributed by atoms with van der Waals surface area (Å²) in [4.78, 5) is 11.2. The Labute approximate surface area is 85.5 Å². The van der Waals surface area contributed by atoms with Crippen molar-refractivity contribution in [2.45, 2.75) is 26.7 Å². The zero-order valence-electron chi connectivity index (χ0n) is 8.79. The summed E-state index contributed by atoms with van der Waals surface area (Å²) in [6, 6.07) is 8.05. The van der Waals surface area contributed by atoms with Crippen LogP contribution in [0.2, 0.25) is 0 Å². The van der Waals surface area contributed by atoms with Crippen molar-refractivity contribution >= 4 is 11.9 Å². The molecule has 0 aliphatic carbocycles. The number of aryl methyl sites for hydroxylation is 1. The van der Waals surface area contributed by atoms with E-state index in [1.165, 1.54) is 5.56 Å². The second-order valence-corrected chi connectivity index (χ2v) is 3.41. The molecule has 1 heteroatoms. The number of ketones is 1. The number of hydrogen-bond acceptors (Lipinski definition) is 1. The van der Waals surface area contributed by atoms with Crippen LogP contribution in [0.5, 0.6) is 0 Å². The van der Waals surface area contributed by atoms with E-state index in [0.29, 0.717) is 6.42 Å². The monoisotopic (exact) mass is 188 g/mol. The summed E-state index contributed by atoms with van der Waals surface area (Å²) in [5, 5.41) is 0. The zero-order chi connectivity index (χ0) is 10.4. The lowest BCUT2D eigenvalue weighted by atomic mass is 10.1. The normalized spacial score (nSPS) is 10.7. The van der Waals surface area contributed by atoms with Gasteiger partial charge in [0, 0.05) is 6.42 Å². The second kappa shape index (κ2) is 5.38. The predicted molar refractivity (Wildman–Crippen MR) is 60.1 cm³/mol. The third-order valence-corrected chi connectivity index (χ3v) is 2.13. The molecular weight excluding hydrogens is 172 g/mol. The van der Waals surface area contributed by atoms with Crippen molar-refractivity contribution in [2.24, 2.45) is 0 Å². The van der Waals surface area contributed by atoms with Gasteiger partial charge in [-0.25, -0.2) is 0 Å². The maximum absolute atomic E-state index is 11.2. The highest BCUT2D eigenvalue weighted by atomic mass is 16.1. The van der Waals surface area contributed by atoms with Gasteiger partial charge in [-0.3, -0.25) is 4.79 Å². The molecule has 74 valence electrons. The maximum Gasteiger partial charge on any atom is 0.155 e. The minimum absolute atomic E-state index is 0.204. The van der Waals surface area contributed by atoms with E-state index in [1.54, 1.807) is 6.08 Å². The first-order chi connectivity index (χ1) is 6.74. The van der Waals surface area contributed by atoms with Crippen LogP contribution < -0.4 is 0 Å².